The zero-order chi connectivity index (χ0) is 94.9. The Bertz CT molecular complexity index is 4350. The van der Waals surface area contributed by atoms with Crippen molar-refractivity contribution >= 4 is 116 Å². The molecule has 0 saturated carbocycles. The van der Waals surface area contributed by atoms with Gasteiger partial charge < -0.3 is 126 Å². The van der Waals surface area contributed by atoms with Crippen molar-refractivity contribution in [2.24, 2.45) is 17.6 Å². The Labute approximate surface area is 752 Å². The van der Waals surface area contributed by atoms with E-state index < -0.39 is 187 Å². The number of carboxylic acids is 2. The zero-order valence-electron chi connectivity index (χ0n) is 74.1. The Morgan fingerprint density at radius 3 is 1.66 bits per heavy atom. The Morgan fingerprint density at radius 2 is 1.12 bits per heavy atom. The average Bonchev–Trinajstić information content (AvgIpc) is 1.66. The number of likely N-dealkylation sites (N-methyl/N-ethyl adjacent to an activating group) is 5. The minimum absolute atomic E-state index is 0.00705. The minimum Gasteiger partial charge on any atom is -0.508 e. The molecule has 2 aliphatic heterocycles. The summed E-state index contributed by atoms with van der Waals surface area (Å²) in [6.07, 6.45) is -3.64. The Hall–Kier alpha value is -11.5. The smallest absolute Gasteiger partial charge is 0.305 e. The van der Waals surface area contributed by atoms with E-state index in [9.17, 15) is 102 Å². The number of hydrogen-bond donors (Lipinski definition) is 21. The summed E-state index contributed by atoms with van der Waals surface area (Å²) in [5.74, 6) is -16.8. The zero-order valence-corrected chi connectivity index (χ0v) is 75.8. The number of nitrogens with one attached hydrogen (secondary N) is 15. The third kappa shape index (κ3) is 35.9. The highest BCUT2D eigenvalue weighted by molar-refractivity contribution is 8.76. The predicted octanol–water partition coefficient (Wildman–Crippen LogP) is -2.48. The highest BCUT2D eigenvalue weighted by Gasteiger charge is 2.42. The highest BCUT2D eigenvalue weighted by Crippen LogP contribution is 2.27. The number of hydrogen-bond acceptors (Lipinski definition) is 26. The number of carboxylic acid groups (broad SMARTS) is 2. The van der Waals surface area contributed by atoms with E-state index in [1.807, 2.05) is 44.2 Å². The molecule has 0 bridgehead atoms. The fourth-order valence-corrected chi connectivity index (χ4v) is 16.0. The van der Waals surface area contributed by atoms with Gasteiger partial charge in [-0.2, -0.15) is 0 Å². The molecular formula is C86H127N19O21S2. The van der Waals surface area contributed by atoms with Gasteiger partial charge in [-0.3, -0.25) is 76.7 Å². The maximum atomic E-state index is 15.0. The molecule has 704 valence electrons. The van der Waals surface area contributed by atoms with Crippen LogP contribution in [-0.4, -0.2) is 319 Å². The summed E-state index contributed by atoms with van der Waals surface area (Å²) in [4.78, 5) is 226. The SMILES string of the molecule is CCCNC(=O)[C@H](CC(=O)O)NC(=O)[C@H](CC(C)C)NC(=O)[C@@H]1CSSC[C@H](NC(=O)[C@@H]2CCCN2C(=O)[C@H](CC(C)C)NC(=O)c2ccc(-c3ccccc3)cc2)C(=O)N[C@@H](CC(=O)O)C(=O)N[C@@H](Cc2ccc(O)cc2)C(=O)N[C@@H](Cc2ccc(O)cc2)C(=O)NCC(=O)N[C@@H](C(C)O)C(=O)N1.CNCC(NC)C(=O)N(C)CCN(CCN)C(=O)C(CNC)NC. The lowest BCUT2D eigenvalue weighted by atomic mass is 10.0. The summed E-state index contributed by atoms with van der Waals surface area (Å²) in [5, 5.41) is 90.7. The number of phenols is 2. The van der Waals surface area contributed by atoms with Crippen molar-refractivity contribution < 1.29 is 102 Å². The number of aliphatic carboxylic acids is 2. The first-order chi connectivity index (χ1) is 60.8. The van der Waals surface area contributed by atoms with Crippen molar-refractivity contribution in [2.75, 3.05) is 106 Å². The number of likely N-dealkylation sites (tertiary alicyclic amines) is 1. The molecule has 2 heterocycles. The Balaban J connectivity index is 0.00000105. The number of rotatable bonds is 39. The van der Waals surface area contributed by atoms with Gasteiger partial charge in [-0.15, -0.1) is 0 Å². The molecule has 14 amide bonds. The summed E-state index contributed by atoms with van der Waals surface area (Å²) in [6.45, 7) is 12.0. The maximum Gasteiger partial charge on any atom is 0.305 e. The van der Waals surface area contributed by atoms with Gasteiger partial charge in [0.1, 0.15) is 71.9 Å². The van der Waals surface area contributed by atoms with Crippen molar-refractivity contribution in [3.63, 3.8) is 0 Å². The van der Waals surface area contributed by atoms with Crippen LogP contribution >= 0.6 is 21.6 Å². The number of carbonyl (C=O) groups is 16. The molecule has 4 aromatic rings. The largest absolute Gasteiger partial charge is 0.508 e. The van der Waals surface area contributed by atoms with Crippen molar-refractivity contribution in [1.29, 1.82) is 0 Å². The number of aromatic hydroxyl groups is 2. The maximum absolute atomic E-state index is 15.0. The molecule has 2 saturated heterocycles. The van der Waals surface area contributed by atoms with Crippen LogP contribution in [0.5, 0.6) is 11.5 Å². The number of amides is 14. The fourth-order valence-electron chi connectivity index (χ4n) is 13.7. The lowest BCUT2D eigenvalue weighted by molar-refractivity contribution is -0.142. The average molecular weight is 1830 g/mol. The second kappa shape index (κ2) is 55.3. The van der Waals surface area contributed by atoms with E-state index in [1.54, 1.807) is 90.1 Å². The van der Waals surface area contributed by atoms with Crippen LogP contribution in [0.1, 0.15) is 108 Å². The molecule has 0 spiro atoms. The quantitative estimate of drug-likeness (QED) is 0.0206. The lowest BCUT2D eigenvalue weighted by Gasteiger charge is -2.31. The molecule has 2 fully saturated rings. The van der Waals surface area contributed by atoms with Gasteiger partial charge in [-0.1, -0.05) is 123 Å². The molecule has 0 aromatic heterocycles. The summed E-state index contributed by atoms with van der Waals surface area (Å²) >= 11 is 0. The first-order valence-electron chi connectivity index (χ1n) is 42.4. The topological polar surface area (TPSA) is 590 Å². The molecule has 6 rings (SSSR count). The van der Waals surface area contributed by atoms with E-state index in [0.717, 1.165) is 39.6 Å². The van der Waals surface area contributed by atoms with Crippen LogP contribution in [0.15, 0.2) is 103 Å². The van der Waals surface area contributed by atoms with E-state index in [0.29, 0.717) is 56.8 Å². The molecule has 128 heavy (non-hydrogen) atoms. The van der Waals surface area contributed by atoms with E-state index in [4.69, 9.17) is 5.73 Å². The van der Waals surface area contributed by atoms with Crippen LogP contribution in [0.2, 0.25) is 0 Å². The number of nitrogens with zero attached hydrogens (tertiary/aromatic N) is 3. The Morgan fingerprint density at radius 1 is 0.570 bits per heavy atom. The lowest BCUT2D eigenvalue weighted by Crippen LogP contribution is -2.61. The third-order valence-corrected chi connectivity index (χ3v) is 23.0. The molecule has 13 atom stereocenters. The third-order valence-electron chi connectivity index (χ3n) is 20.6. The molecular weight excluding hydrogens is 1700 g/mol. The van der Waals surface area contributed by atoms with E-state index in [-0.39, 0.29) is 98.0 Å². The number of phenolic OH excluding ortho intramolecular Hbond substituents is 2. The van der Waals surface area contributed by atoms with Gasteiger partial charge >= 0.3 is 11.9 Å². The van der Waals surface area contributed by atoms with Gasteiger partial charge in [-0.25, -0.2) is 0 Å². The van der Waals surface area contributed by atoms with Crippen LogP contribution in [0.25, 0.3) is 11.1 Å². The molecule has 22 N–H and O–H groups in total. The number of aliphatic hydroxyl groups excluding tert-OH is 1. The van der Waals surface area contributed by atoms with Crippen molar-refractivity contribution in [2.45, 2.75) is 178 Å². The van der Waals surface area contributed by atoms with Gasteiger partial charge in [0, 0.05) is 89.3 Å². The minimum atomic E-state index is -2.05. The summed E-state index contributed by atoms with van der Waals surface area (Å²) in [7, 11) is 10.4. The van der Waals surface area contributed by atoms with Gasteiger partial charge in [0.15, 0.2) is 0 Å². The fraction of sp³-hybridized carbons (Fsp3) is 0.535. The summed E-state index contributed by atoms with van der Waals surface area (Å²) < 4.78 is 0. The van der Waals surface area contributed by atoms with Crippen LogP contribution in [0.3, 0.4) is 0 Å². The molecule has 4 aromatic carbocycles. The first kappa shape index (κ1) is 107. The summed E-state index contributed by atoms with van der Waals surface area (Å²) in [5.41, 5.74) is 8.28. The molecule has 3 unspecified atom stereocenters. The van der Waals surface area contributed by atoms with Crippen molar-refractivity contribution in [3.05, 3.63) is 120 Å². The van der Waals surface area contributed by atoms with E-state index >= 15 is 0 Å². The second-order valence-corrected chi connectivity index (χ2v) is 34.4. The predicted molar refractivity (Wildman–Crippen MR) is 480 cm³/mol. The number of aliphatic hydroxyl groups is 1. The number of benzene rings is 4. The second-order valence-electron chi connectivity index (χ2n) is 31.8. The van der Waals surface area contributed by atoms with Gasteiger partial charge in [0.25, 0.3) is 5.91 Å². The standard InChI is InChI=1S/C71H92N12O19S2.C15H35N7O2/c1-7-27-72-62(93)51(33-58(88)89)77-64(95)48(29-38(2)3)74-68(99)55-37-104-103-36-54(80-69(100)56-14-11-28-83(56)71(102)53(30-39(4)5)79-61(92)45-21-19-44(20-22-45)43-12-9-8-10-13-43)67(98)78-52(34-59(90)91)66(97)76-50(32-42-17-25-47(86)26-18-42)65(96)75-49(31-41-15-23-46(85)24-16-41)63(94)73-35-57(87)82-60(40(6)84)70(101)81-55;1-17-10-12(19-3)14(23)21(5)8-9-22(7-6-16)15(24)13(20-4)11-18-2/h8-10,12-13,15-26,38-40,48-56,60,84-86H,7,11,14,27-37H2,1-6H3,(H,72,93)(H,73,94)(H,74,99)(H,75,96)(H,76,97)(H,77,95)(H,78,98)(H,79,92)(H,80,100)(H,81,101)(H,82,87)(H,88,89)(H,90,91);12-13,17-20H,6-11,16H2,1-5H3/t40?,48-,49-,50-,51-,52-,53-,54-,55-,56-,60-;/m0./s1. The van der Waals surface area contributed by atoms with Gasteiger partial charge in [-0.05, 0) is 138 Å². The summed E-state index contributed by atoms with van der Waals surface area (Å²) in [6, 6.07) is 10.0. The highest BCUT2D eigenvalue weighted by atomic mass is 33.1. The molecule has 0 radical (unpaired) electrons. The molecule has 0 aliphatic carbocycles. The van der Waals surface area contributed by atoms with Crippen molar-refractivity contribution in [3.8, 4) is 22.6 Å². The molecule has 42 heteroatoms. The van der Waals surface area contributed by atoms with Gasteiger partial charge in [0.2, 0.25) is 76.8 Å². The van der Waals surface area contributed by atoms with Crippen LogP contribution < -0.4 is 85.5 Å². The van der Waals surface area contributed by atoms with Crippen LogP contribution in [0.4, 0.5) is 0 Å². The van der Waals surface area contributed by atoms with Crippen LogP contribution in [0, 0.1) is 11.8 Å². The first-order valence-corrected chi connectivity index (χ1v) is 44.9. The van der Waals surface area contributed by atoms with E-state index in [2.05, 4.69) is 79.8 Å². The van der Waals surface area contributed by atoms with E-state index in [1.165, 1.54) is 53.4 Å². The molecule has 2 aliphatic rings. The van der Waals surface area contributed by atoms with Gasteiger partial charge in [0.05, 0.1) is 37.6 Å². The number of carbonyl (C=O) groups excluding carboxylic acids is 14. The molecule has 40 nitrogen and oxygen atoms in total. The Kier molecular flexibility index (Phi) is 46.2. The van der Waals surface area contributed by atoms with Crippen LogP contribution in [-0.2, 0) is 84.8 Å². The normalized spacial score (nSPS) is 19.4. The number of nitrogens with two attached hydrogens (primary N) is 1. The van der Waals surface area contributed by atoms with Crippen molar-refractivity contribution in [1.82, 2.24) is 94.5 Å². The monoisotopic (exact) mass is 1830 g/mol.